The monoisotopic (exact) mass is 343 g/mol. The second kappa shape index (κ2) is 7.49. The molecule has 8 heteroatoms. The molecule has 0 aliphatic rings. The molecule has 1 rings (SSSR count). The van der Waals surface area contributed by atoms with Crippen molar-refractivity contribution in [2.45, 2.75) is 13.0 Å². The quantitative estimate of drug-likeness (QED) is 0.643. The van der Waals surface area contributed by atoms with Crippen LogP contribution in [-0.2, 0) is 9.59 Å². The highest BCUT2D eigenvalue weighted by atomic mass is 79.9. The van der Waals surface area contributed by atoms with E-state index in [9.17, 15) is 14.4 Å². The Morgan fingerprint density at radius 1 is 1.30 bits per heavy atom. The van der Waals surface area contributed by atoms with E-state index in [0.29, 0.717) is 5.69 Å². The fourth-order valence-corrected chi connectivity index (χ4v) is 1.70. The van der Waals surface area contributed by atoms with Gasteiger partial charge in [-0.05, 0) is 35.0 Å². The van der Waals surface area contributed by atoms with Gasteiger partial charge >= 0.3 is 6.09 Å². The number of rotatable bonds is 5. The van der Waals surface area contributed by atoms with Crippen molar-refractivity contribution in [2.75, 3.05) is 11.9 Å². The zero-order chi connectivity index (χ0) is 15.1. The van der Waals surface area contributed by atoms with E-state index in [0.717, 1.165) is 4.47 Å². The molecule has 7 nitrogen and oxygen atoms in total. The molecule has 0 saturated carbocycles. The zero-order valence-electron chi connectivity index (χ0n) is 10.6. The van der Waals surface area contributed by atoms with Crippen LogP contribution in [0.4, 0.5) is 10.5 Å². The van der Waals surface area contributed by atoms with Crippen molar-refractivity contribution < 1.29 is 19.5 Å². The first-order valence-electron chi connectivity index (χ1n) is 5.71. The van der Waals surface area contributed by atoms with Gasteiger partial charge in [-0.2, -0.15) is 0 Å². The zero-order valence-corrected chi connectivity index (χ0v) is 12.2. The number of carboxylic acid groups (broad SMARTS) is 1. The normalized spacial score (nSPS) is 11.3. The second-order valence-corrected chi connectivity index (χ2v) is 4.77. The minimum absolute atomic E-state index is 0.401. The lowest BCUT2D eigenvalue weighted by atomic mass is 10.2. The Balaban J connectivity index is 2.49. The number of carbonyl (C=O) groups is 3. The molecule has 1 atom stereocenters. The van der Waals surface area contributed by atoms with Gasteiger partial charge in [-0.1, -0.05) is 12.1 Å². The Morgan fingerprint density at radius 3 is 2.55 bits per heavy atom. The molecule has 0 spiro atoms. The summed E-state index contributed by atoms with van der Waals surface area (Å²) < 4.78 is 0.722. The molecule has 0 radical (unpaired) electrons. The number of hydrogen-bond donors (Lipinski definition) is 4. The Hall–Kier alpha value is -2.09. The van der Waals surface area contributed by atoms with E-state index in [1.807, 2.05) is 11.4 Å². The summed E-state index contributed by atoms with van der Waals surface area (Å²) in [6.45, 7) is 1.10. The first kappa shape index (κ1) is 16.0. The van der Waals surface area contributed by atoms with Gasteiger partial charge in [-0.25, -0.2) is 4.79 Å². The van der Waals surface area contributed by atoms with Crippen LogP contribution in [0, 0.1) is 0 Å². The third kappa shape index (κ3) is 5.27. The largest absolute Gasteiger partial charge is 0.465 e. The van der Waals surface area contributed by atoms with Gasteiger partial charge in [0.25, 0.3) is 0 Å². The van der Waals surface area contributed by atoms with E-state index in [-0.39, 0.29) is 0 Å². The highest BCUT2D eigenvalue weighted by Crippen LogP contribution is 2.21. The van der Waals surface area contributed by atoms with Gasteiger partial charge in [0.2, 0.25) is 11.8 Å². The van der Waals surface area contributed by atoms with Crippen LogP contribution in [0.1, 0.15) is 6.92 Å². The topological polar surface area (TPSA) is 108 Å². The minimum Gasteiger partial charge on any atom is -0.465 e. The van der Waals surface area contributed by atoms with Gasteiger partial charge in [0.1, 0.15) is 12.6 Å². The lowest BCUT2D eigenvalue weighted by molar-refractivity contribution is -0.125. The standard InChI is InChI=1S/C12H14BrN3O4/c1-7(15-10(17)6-14-12(19)20)11(18)16-9-5-3-2-4-8(9)13/h2-5,7,14H,6H2,1H3,(H,15,17)(H,16,18)(H,19,20)/t7-/m1/s1. The molecular weight excluding hydrogens is 330 g/mol. The van der Waals surface area contributed by atoms with Crippen LogP contribution in [0.15, 0.2) is 28.7 Å². The van der Waals surface area contributed by atoms with Crippen LogP contribution in [0.3, 0.4) is 0 Å². The fourth-order valence-electron chi connectivity index (χ4n) is 1.32. The van der Waals surface area contributed by atoms with E-state index in [2.05, 4.69) is 26.6 Å². The van der Waals surface area contributed by atoms with Crippen LogP contribution in [0.25, 0.3) is 0 Å². The van der Waals surface area contributed by atoms with Gasteiger partial charge in [0, 0.05) is 4.47 Å². The Labute approximate surface area is 123 Å². The average molecular weight is 344 g/mol. The van der Waals surface area contributed by atoms with E-state index in [1.165, 1.54) is 6.92 Å². The number of benzene rings is 1. The highest BCUT2D eigenvalue weighted by Gasteiger charge is 2.16. The lowest BCUT2D eigenvalue weighted by Crippen LogP contribution is -2.45. The first-order chi connectivity index (χ1) is 9.40. The van der Waals surface area contributed by atoms with Gasteiger partial charge in [-0.15, -0.1) is 0 Å². The van der Waals surface area contributed by atoms with Crippen molar-refractivity contribution in [1.82, 2.24) is 10.6 Å². The predicted octanol–water partition coefficient (Wildman–Crippen LogP) is 1.16. The second-order valence-electron chi connectivity index (χ2n) is 3.92. The average Bonchev–Trinajstić information content (AvgIpc) is 2.39. The third-order valence-corrected chi connectivity index (χ3v) is 2.99. The third-order valence-electron chi connectivity index (χ3n) is 2.30. The predicted molar refractivity (Wildman–Crippen MR) is 76.4 cm³/mol. The van der Waals surface area contributed by atoms with Crippen molar-refractivity contribution in [3.8, 4) is 0 Å². The number of carbonyl (C=O) groups excluding carboxylic acids is 2. The molecule has 0 bridgehead atoms. The molecule has 1 aromatic carbocycles. The first-order valence-corrected chi connectivity index (χ1v) is 6.51. The van der Waals surface area contributed by atoms with Crippen molar-refractivity contribution in [1.29, 1.82) is 0 Å². The summed E-state index contributed by atoms with van der Waals surface area (Å²) >= 11 is 3.29. The van der Waals surface area contributed by atoms with Gasteiger partial charge in [0.05, 0.1) is 5.69 Å². The highest BCUT2D eigenvalue weighted by molar-refractivity contribution is 9.10. The number of halogens is 1. The number of nitrogens with one attached hydrogen (secondary N) is 3. The summed E-state index contributed by atoms with van der Waals surface area (Å²) in [6.07, 6.45) is -1.30. The molecule has 108 valence electrons. The molecule has 0 heterocycles. The number of para-hydroxylation sites is 1. The van der Waals surface area contributed by atoms with E-state index in [4.69, 9.17) is 5.11 Å². The number of hydrogen-bond acceptors (Lipinski definition) is 3. The Bertz CT molecular complexity index is 521. The van der Waals surface area contributed by atoms with Crippen molar-refractivity contribution >= 4 is 39.5 Å². The molecule has 0 aliphatic heterocycles. The van der Waals surface area contributed by atoms with Crippen LogP contribution in [0.5, 0.6) is 0 Å². The summed E-state index contributed by atoms with van der Waals surface area (Å²) in [7, 11) is 0. The summed E-state index contributed by atoms with van der Waals surface area (Å²) in [5.41, 5.74) is 0.585. The fraction of sp³-hybridized carbons (Fsp3) is 0.250. The van der Waals surface area contributed by atoms with E-state index in [1.54, 1.807) is 18.2 Å². The Kier molecular flexibility index (Phi) is 5.98. The summed E-state index contributed by atoms with van der Waals surface area (Å²) in [5.74, 6) is -0.984. The van der Waals surface area contributed by atoms with Crippen LogP contribution in [0.2, 0.25) is 0 Å². The molecule has 0 unspecified atom stereocenters. The van der Waals surface area contributed by atoms with Gasteiger partial charge in [-0.3, -0.25) is 9.59 Å². The number of amides is 3. The Morgan fingerprint density at radius 2 is 1.95 bits per heavy atom. The van der Waals surface area contributed by atoms with Gasteiger partial charge < -0.3 is 21.1 Å². The summed E-state index contributed by atoms with van der Waals surface area (Å²) in [5, 5.41) is 15.3. The van der Waals surface area contributed by atoms with Crippen LogP contribution < -0.4 is 16.0 Å². The lowest BCUT2D eigenvalue weighted by Gasteiger charge is -2.14. The molecule has 0 saturated heterocycles. The SMILES string of the molecule is C[C@@H](NC(=O)CNC(=O)O)C(=O)Nc1ccccc1Br. The summed E-state index contributed by atoms with van der Waals surface area (Å²) in [4.78, 5) is 33.4. The maximum absolute atomic E-state index is 11.9. The minimum atomic E-state index is -1.30. The van der Waals surface area contributed by atoms with E-state index < -0.39 is 30.5 Å². The maximum atomic E-state index is 11.9. The molecule has 0 fully saturated rings. The van der Waals surface area contributed by atoms with Crippen molar-refractivity contribution in [3.05, 3.63) is 28.7 Å². The van der Waals surface area contributed by atoms with Crippen molar-refractivity contribution in [3.63, 3.8) is 0 Å². The maximum Gasteiger partial charge on any atom is 0.405 e. The molecular formula is C12H14BrN3O4. The molecule has 0 aromatic heterocycles. The number of anilines is 1. The molecule has 4 N–H and O–H groups in total. The van der Waals surface area contributed by atoms with Crippen LogP contribution in [-0.4, -0.2) is 35.6 Å². The van der Waals surface area contributed by atoms with Crippen LogP contribution >= 0.6 is 15.9 Å². The van der Waals surface area contributed by atoms with Gasteiger partial charge in [0.15, 0.2) is 0 Å². The van der Waals surface area contributed by atoms with Crippen molar-refractivity contribution in [2.24, 2.45) is 0 Å². The molecule has 3 amide bonds. The molecule has 1 aromatic rings. The smallest absolute Gasteiger partial charge is 0.405 e. The molecule has 0 aliphatic carbocycles. The summed E-state index contributed by atoms with van der Waals surface area (Å²) in [6, 6.07) is 6.27. The van der Waals surface area contributed by atoms with E-state index >= 15 is 0 Å². The molecule has 20 heavy (non-hydrogen) atoms.